The molecular weight excluding hydrogens is 246 g/mol. The van der Waals surface area contributed by atoms with Crippen molar-refractivity contribution >= 4 is 0 Å². The summed E-state index contributed by atoms with van der Waals surface area (Å²) in [6, 6.07) is 0. The second-order valence-corrected chi connectivity index (χ2v) is 6.34. The summed E-state index contributed by atoms with van der Waals surface area (Å²) in [5.41, 5.74) is 0. The van der Waals surface area contributed by atoms with Gasteiger partial charge in [0.1, 0.15) is 0 Å². The molecular formula is INaO6-4. The van der Waals surface area contributed by atoms with Crippen LogP contribution < -0.4 is 68.3 Å². The van der Waals surface area contributed by atoms with Crippen LogP contribution in [-0.2, 0) is 0 Å². The second kappa shape index (κ2) is 1.75. The van der Waals surface area contributed by atoms with Crippen molar-refractivity contribution in [1.82, 2.24) is 0 Å². The molecule has 8 heteroatoms. The van der Waals surface area contributed by atoms with E-state index in [0.717, 1.165) is 0 Å². The molecule has 0 aromatic heterocycles. The van der Waals surface area contributed by atoms with Crippen LogP contribution in [0.1, 0.15) is 0 Å². The van der Waals surface area contributed by atoms with Crippen LogP contribution in [0.4, 0.5) is 0 Å². The average molecular weight is 246 g/mol. The van der Waals surface area contributed by atoms with E-state index in [1.165, 1.54) is 0 Å². The fourth-order valence-electron chi connectivity index (χ4n) is 0. The molecule has 0 unspecified atom stereocenters. The molecule has 0 fully saturated rings. The van der Waals surface area contributed by atoms with Crippen molar-refractivity contribution in [2.24, 2.45) is 0 Å². The summed E-state index contributed by atoms with van der Waals surface area (Å²) in [6.07, 6.45) is 0. The van der Waals surface area contributed by atoms with Gasteiger partial charge in [0, 0.05) is 0 Å². The van der Waals surface area contributed by atoms with Crippen molar-refractivity contribution < 1.29 is 68.3 Å². The molecule has 0 aliphatic carbocycles. The first-order valence-electron chi connectivity index (χ1n) is 0.926. The molecule has 0 aliphatic heterocycles. The molecule has 0 saturated carbocycles. The van der Waals surface area contributed by atoms with Gasteiger partial charge in [-0.2, -0.15) is 0 Å². The third-order valence-corrected chi connectivity index (χ3v) is 0. The minimum absolute atomic E-state index is 0. The van der Waals surface area contributed by atoms with E-state index in [1.54, 1.807) is 0 Å². The van der Waals surface area contributed by atoms with Crippen molar-refractivity contribution in [2.45, 2.75) is 0 Å². The zero-order chi connectivity index (χ0) is 6.41. The topological polar surface area (TPSA) is 138 Å². The molecule has 0 radical (unpaired) electrons. The van der Waals surface area contributed by atoms with Gasteiger partial charge in [0.2, 0.25) is 0 Å². The van der Waals surface area contributed by atoms with Gasteiger partial charge in [-0.05, 0) is 0 Å². The van der Waals surface area contributed by atoms with Gasteiger partial charge in [0.15, 0.2) is 0 Å². The van der Waals surface area contributed by atoms with E-state index in [9.17, 15) is 0 Å². The Morgan fingerprint density at radius 1 is 0.625 bits per heavy atom. The van der Waals surface area contributed by atoms with Gasteiger partial charge >= 0.3 is 68.3 Å². The molecule has 0 rings (SSSR count). The quantitative estimate of drug-likeness (QED) is 0.307. The number of halogens is 1. The maximum absolute atomic E-state index is 9.62. The molecule has 0 N–H and O–H groups in total. The van der Waals surface area contributed by atoms with Crippen LogP contribution in [0.25, 0.3) is 0 Å². The van der Waals surface area contributed by atoms with E-state index in [0.29, 0.717) is 0 Å². The summed E-state index contributed by atoms with van der Waals surface area (Å²) in [7, 11) is 0. The van der Waals surface area contributed by atoms with Crippen LogP contribution in [0.3, 0.4) is 0 Å². The van der Waals surface area contributed by atoms with E-state index in [2.05, 4.69) is 0 Å². The fraction of sp³-hybridized carbons (Fsp3) is 0. The Hall–Kier alpha value is 1.49. The monoisotopic (exact) mass is 246 g/mol. The Morgan fingerprint density at radius 2 is 0.625 bits per heavy atom. The molecule has 8 heavy (non-hydrogen) atoms. The standard InChI is InChI=1S/IO6.Na/c2-1(3,4,5,6)7;/q-5;+1. The first-order chi connectivity index (χ1) is 2.45. The van der Waals surface area contributed by atoms with Crippen LogP contribution in [0, 0.1) is 0 Å². The number of hydrogen-bond donors (Lipinski definition) is 0. The van der Waals surface area contributed by atoms with Crippen LogP contribution >= 0.6 is 0 Å². The predicted molar refractivity (Wildman–Crippen MR) is 0 cm³/mol. The Kier molecular flexibility index (Phi) is 2.67. The van der Waals surface area contributed by atoms with Gasteiger partial charge in [-0.15, -0.1) is 0 Å². The van der Waals surface area contributed by atoms with Gasteiger partial charge < -0.3 is 0 Å². The molecule has 6 nitrogen and oxygen atoms in total. The molecule has 0 heterocycles. The van der Waals surface area contributed by atoms with Crippen molar-refractivity contribution in [1.29, 1.82) is 0 Å². The summed E-state index contributed by atoms with van der Waals surface area (Å²) in [6.45, 7) is 0. The van der Waals surface area contributed by atoms with Gasteiger partial charge in [-0.1, -0.05) is 0 Å². The Balaban J connectivity index is 0. The first kappa shape index (κ1) is 12.2. The zero-order valence-corrected chi connectivity index (χ0v) is 7.98. The van der Waals surface area contributed by atoms with E-state index >= 15 is 0 Å². The third kappa shape index (κ3) is 142. The van der Waals surface area contributed by atoms with Crippen molar-refractivity contribution in [3.8, 4) is 0 Å². The van der Waals surface area contributed by atoms with E-state index < -0.39 is 18.2 Å². The summed E-state index contributed by atoms with van der Waals surface area (Å²) in [5, 5.41) is 0. The molecule has 0 saturated heterocycles. The summed E-state index contributed by atoms with van der Waals surface area (Å²) in [5.74, 6) is 0. The summed E-state index contributed by atoms with van der Waals surface area (Å²) < 4.78 is 52.0. The molecule has 0 aromatic rings. The van der Waals surface area contributed by atoms with Crippen LogP contribution in [0.5, 0.6) is 0 Å². The number of hydrogen-bond acceptors (Lipinski definition) is 6. The maximum atomic E-state index is 8.66. The minimum atomic E-state index is -9.62. The summed E-state index contributed by atoms with van der Waals surface area (Å²) in [4.78, 5) is 0. The Morgan fingerprint density at radius 3 is 0.625 bits per heavy atom. The van der Waals surface area contributed by atoms with Gasteiger partial charge in [0.05, 0.1) is 0 Å². The van der Waals surface area contributed by atoms with E-state index in [1.807, 2.05) is 0 Å². The molecule has 0 bridgehead atoms. The van der Waals surface area contributed by atoms with Crippen LogP contribution in [0.15, 0.2) is 0 Å². The zero-order valence-electron chi connectivity index (χ0n) is 3.83. The van der Waals surface area contributed by atoms with Crippen molar-refractivity contribution in [2.75, 3.05) is 0 Å². The average Bonchev–Trinajstić information content (AvgIpc) is 0.592. The Bertz CT molecular complexity index is 67.1. The third-order valence-electron chi connectivity index (χ3n) is 0. The second-order valence-electron chi connectivity index (χ2n) is 0.945. The van der Waals surface area contributed by atoms with Crippen LogP contribution in [0.2, 0.25) is 0 Å². The molecule has 0 spiro atoms. The van der Waals surface area contributed by atoms with Crippen molar-refractivity contribution in [3.05, 3.63) is 0 Å². The molecule has 48 valence electrons. The normalized spacial score (nSPS) is 20.2. The van der Waals surface area contributed by atoms with Gasteiger partial charge in [-0.3, -0.25) is 0 Å². The fourth-order valence-corrected chi connectivity index (χ4v) is 0. The SMILES string of the molecule is [Na+].[O-][I+]([O-])([O-])([O-])([O-])[O-]. The number of rotatable bonds is 0. The van der Waals surface area contributed by atoms with E-state index in [4.69, 9.17) is 20.6 Å². The molecule has 0 amide bonds. The van der Waals surface area contributed by atoms with Gasteiger partial charge in [0.25, 0.3) is 0 Å². The first-order valence-corrected chi connectivity index (χ1v) is 6.21. The van der Waals surface area contributed by atoms with Gasteiger partial charge in [-0.25, -0.2) is 0 Å². The van der Waals surface area contributed by atoms with E-state index in [-0.39, 0.29) is 29.6 Å². The Labute approximate surface area is 67.7 Å². The summed E-state index contributed by atoms with van der Waals surface area (Å²) >= 11 is -9.62. The van der Waals surface area contributed by atoms with Crippen molar-refractivity contribution in [3.63, 3.8) is 0 Å². The van der Waals surface area contributed by atoms with Crippen LogP contribution in [-0.4, -0.2) is 0 Å². The molecule has 0 atom stereocenters. The molecule has 0 aliphatic rings. The predicted octanol–water partition coefficient (Wildman–Crippen LogP) is -13.1. The molecule has 0 aromatic carbocycles.